The number of alkyl halides is 3. The molecule has 0 radical (unpaired) electrons. The van der Waals surface area contributed by atoms with Gasteiger partial charge in [-0.3, -0.25) is 0 Å². The van der Waals surface area contributed by atoms with Crippen LogP contribution >= 0.6 is 0 Å². The van der Waals surface area contributed by atoms with Crippen LogP contribution in [0.3, 0.4) is 0 Å². The van der Waals surface area contributed by atoms with Gasteiger partial charge in [0.25, 0.3) is 0 Å². The fourth-order valence-electron chi connectivity index (χ4n) is 2.60. The maximum Gasteiger partial charge on any atom is 0.422 e. The van der Waals surface area contributed by atoms with E-state index < -0.39 is 35.6 Å². The van der Waals surface area contributed by atoms with Gasteiger partial charge in [-0.25, -0.2) is 14.0 Å². The monoisotopic (exact) mass is 466 g/mol. The summed E-state index contributed by atoms with van der Waals surface area (Å²) in [4.78, 5) is 30.5. The average Bonchev–Trinajstić information content (AvgIpc) is 2.70. The number of halogens is 4. The molecule has 0 aliphatic heterocycles. The van der Waals surface area contributed by atoms with Crippen molar-refractivity contribution in [1.82, 2.24) is 9.97 Å². The lowest BCUT2D eigenvalue weighted by atomic mass is 10.2. The Kier molecular flexibility index (Phi) is 6.19. The van der Waals surface area contributed by atoms with Gasteiger partial charge in [0.15, 0.2) is 5.82 Å². The Bertz CT molecular complexity index is 1190. The normalized spacial score (nSPS) is 11.0. The Morgan fingerprint density at radius 1 is 0.970 bits per heavy atom. The van der Waals surface area contributed by atoms with Crippen LogP contribution in [-0.4, -0.2) is 32.4 Å². The number of nitrogens with zero attached hydrogens (tertiary/aromatic N) is 3. The molecule has 10 nitrogen and oxygen atoms in total. The molecule has 14 heteroatoms. The van der Waals surface area contributed by atoms with Crippen molar-refractivity contribution >= 4 is 46.8 Å². The summed E-state index contributed by atoms with van der Waals surface area (Å²) >= 11 is 0. The summed E-state index contributed by atoms with van der Waals surface area (Å²) in [6.07, 6.45) is -8.31. The molecule has 0 spiro atoms. The third kappa shape index (κ3) is 5.36. The van der Waals surface area contributed by atoms with Crippen LogP contribution in [0.2, 0.25) is 0 Å². The van der Waals surface area contributed by atoms with Gasteiger partial charge in [0.1, 0.15) is 11.6 Å². The van der Waals surface area contributed by atoms with E-state index in [-0.39, 0.29) is 33.7 Å². The molecule has 0 fully saturated rings. The largest absolute Gasteiger partial charge is 0.464 e. The minimum atomic E-state index is -4.56. The Labute approximate surface area is 182 Å². The van der Waals surface area contributed by atoms with Crippen molar-refractivity contribution in [3.8, 4) is 0 Å². The Hall–Kier alpha value is -4.62. The molecule has 0 aliphatic carbocycles. The molecule has 0 saturated carbocycles. The summed E-state index contributed by atoms with van der Waals surface area (Å²) in [5.41, 5.74) is 4.58. The second kappa shape index (κ2) is 8.86. The van der Waals surface area contributed by atoms with Crippen molar-refractivity contribution in [3.05, 3.63) is 59.9 Å². The standard InChI is InChI=1S/C19H14F4N6O4/c20-11-2-1-3-12(15(11)24)26-13-8-14(29(17(30)31)18(32)33)28-16(27-13)25-10-6-4-9(5-7-10)19(21,22)23/h1-8H,24H2,(H,30,31)(H,32,33)(H2,25,26,27,28). The lowest BCUT2D eigenvalue weighted by Gasteiger charge is -2.16. The molecule has 172 valence electrons. The molecule has 0 saturated heterocycles. The Balaban J connectivity index is 2.02. The molecule has 1 heterocycles. The van der Waals surface area contributed by atoms with Gasteiger partial charge in [0.2, 0.25) is 5.95 Å². The molecule has 0 unspecified atom stereocenters. The van der Waals surface area contributed by atoms with Gasteiger partial charge in [0.05, 0.1) is 16.9 Å². The Morgan fingerprint density at radius 2 is 1.61 bits per heavy atom. The molecule has 33 heavy (non-hydrogen) atoms. The van der Waals surface area contributed by atoms with Gasteiger partial charge in [-0.15, -0.1) is 0 Å². The number of aromatic nitrogens is 2. The summed E-state index contributed by atoms with van der Waals surface area (Å²) in [6.45, 7) is 0. The molecule has 3 aromatic rings. The fourth-order valence-corrected chi connectivity index (χ4v) is 2.60. The summed E-state index contributed by atoms with van der Waals surface area (Å²) in [5, 5.41) is 23.6. The quantitative estimate of drug-likeness (QED) is 0.262. The number of hydrogen-bond acceptors (Lipinski definition) is 7. The number of imide groups is 1. The molecule has 3 rings (SSSR count). The van der Waals surface area contributed by atoms with Crippen LogP contribution in [0.4, 0.5) is 61.8 Å². The number of rotatable bonds is 5. The van der Waals surface area contributed by atoms with Gasteiger partial charge in [-0.05, 0) is 36.4 Å². The smallest absolute Gasteiger partial charge is 0.422 e. The van der Waals surface area contributed by atoms with E-state index >= 15 is 0 Å². The van der Waals surface area contributed by atoms with E-state index in [4.69, 9.17) is 5.73 Å². The van der Waals surface area contributed by atoms with Crippen molar-refractivity contribution in [1.29, 1.82) is 0 Å². The van der Waals surface area contributed by atoms with Gasteiger partial charge in [-0.1, -0.05) is 6.07 Å². The van der Waals surface area contributed by atoms with Crippen LogP contribution in [0.25, 0.3) is 0 Å². The first-order valence-electron chi connectivity index (χ1n) is 8.86. The first-order chi connectivity index (χ1) is 15.5. The summed E-state index contributed by atoms with van der Waals surface area (Å²) in [5.74, 6) is -1.91. The maximum absolute atomic E-state index is 13.7. The van der Waals surface area contributed by atoms with E-state index in [1.165, 1.54) is 12.1 Å². The highest BCUT2D eigenvalue weighted by Crippen LogP contribution is 2.31. The van der Waals surface area contributed by atoms with Crippen molar-refractivity contribution < 1.29 is 37.4 Å². The number of amides is 2. The highest BCUT2D eigenvalue weighted by atomic mass is 19.4. The van der Waals surface area contributed by atoms with Gasteiger partial charge in [-0.2, -0.15) is 28.0 Å². The van der Waals surface area contributed by atoms with Gasteiger partial charge >= 0.3 is 18.4 Å². The summed E-state index contributed by atoms with van der Waals surface area (Å²) in [7, 11) is 0. The number of nitrogens with two attached hydrogens (primary N) is 1. The molecule has 1 aromatic heterocycles. The SMILES string of the molecule is Nc1c(F)cccc1Nc1cc(N(C(=O)O)C(=O)O)nc(Nc2ccc(C(F)(F)F)cc2)n1. The lowest BCUT2D eigenvalue weighted by molar-refractivity contribution is -0.137. The van der Waals surface area contributed by atoms with E-state index in [0.717, 1.165) is 36.4 Å². The summed E-state index contributed by atoms with van der Waals surface area (Å²) < 4.78 is 52.0. The second-order valence-corrected chi connectivity index (χ2v) is 6.36. The number of carbonyl (C=O) groups is 2. The van der Waals surface area contributed by atoms with Crippen molar-refractivity contribution in [2.75, 3.05) is 21.3 Å². The molecule has 0 bridgehead atoms. The average molecular weight is 466 g/mol. The minimum Gasteiger partial charge on any atom is -0.464 e. The number of hydrogen-bond donors (Lipinski definition) is 5. The van der Waals surface area contributed by atoms with Crippen molar-refractivity contribution in [2.45, 2.75) is 6.18 Å². The zero-order valence-electron chi connectivity index (χ0n) is 16.3. The second-order valence-electron chi connectivity index (χ2n) is 6.36. The predicted octanol–water partition coefficient (Wildman–Crippen LogP) is 4.87. The van der Waals surface area contributed by atoms with Gasteiger partial charge < -0.3 is 26.6 Å². The number of nitrogens with one attached hydrogen (secondary N) is 2. The van der Waals surface area contributed by atoms with Crippen molar-refractivity contribution in [2.24, 2.45) is 0 Å². The van der Waals surface area contributed by atoms with Crippen LogP contribution in [0, 0.1) is 5.82 Å². The van der Waals surface area contributed by atoms with Crippen LogP contribution < -0.4 is 21.3 Å². The lowest BCUT2D eigenvalue weighted by Crippen LogP contribution is -2.35. The maximum atomic E-state index is 13.7. The fraction of sp³-hybridized carbons (Fsp3) is 0.0526. The number of para-hydroxylation sites is 1. The molecular weight excluding hydrogens is 452 g/mol. The van der Waals surface area contributed by atoms with Crippen LogP contribution in [-0.2, 0) is 6.18 Å². The highest BCUT2D eigenvalue weighted by Gasteiger charge is 2.30. The van der Waals surface area contributed by atoms with Crippen LogP contribution in [0.5, 0.6) is 0 Å². The van der Waals surface area contributed by atoms with E-state index in [0.29, 0.717) is 0 Å². The molecule has 0 atom stereocenters. The van der Waals surface area contributed by atoms with E-state index in [1.807, 2.05) is 0 Å². The first-order valence-corrected chi connectivity index (χ1v) is 8.86. The minimum absolute atomic E-state index is 0.0392. The predicted molar refractivity (Wildman–Crippen MR) is 109 cm³/mol. The topological polar surface area (TPSA) is 154 Å². The number of anilines is 6. The zero-order valence-corrected chi connectivity index (χ0v) is 16.3. The zero-order chi connectivity index (χ0) is 24.3. The van der Waals surface area contributed by atoms with Gasteiger partial charge in [0, 0.05) is 11.8 Å². The molecule has 2 aromatic carbocycles. The first kappa shape index (κ1) is 23.1. The van der Waals surface area contributed by atoms with E-state index in [9.17, 15) is 37.4 Å². The van der Waals surface area contributed by atoms with E-state index in [2.05, 4.69) is 20.6 Å². The van der Waals surface area contributed by atoms with Crippen LogP contribution in [0.15, 0.2) is 48.5 Å². The van der Waals surface area contributed by atoms with Crippen LogP contribution in [0.1, 0.15) is 5.56 Å². The van der Waals surface area contributed by atoms with Crippen molar-refractivity contribution in [3.63, 3.8) is 0 Å². The third-order valence-electron chi connectivity index (χ3n) is 4.11. The molecular formula is C19H14F4N6O4. The highest BCUT2D eigenvalue weighted by molar-refractivity contribution is 6.07. The third-order valence-corrected chi connectivity index (χ3v) is 4.11. The summed E-state index contributed by atoms with van der Waals surface area (Å²) in [6, 6.07) is 8.49. The Morgan fingerprint density at radius 3 is 2.18 bits per heavy atom. The molecule has 6 N–H and O–H groups in total. The number of carboxylic acid groups (broad SMARTS) is 2. The number of nitrogen functional groups attached to an aromatic ring is 1. The molecule has 0 aliphatic rings. The number of benzene rings is 2. The molecule has 2 amide bonds. The van der Waals surface area contributed by atoms with E-state index in [1.54, 1.807) is 0 Å².